The van der Waals surface area contributed by atoms with E-state index in [1.807, 2.05) is 0 Å². The molecule has 1 fully saturated rings. The number of carbonyl (C=O) groups is 2. The SMILES string of the molecule is COc1cc(Nc2nccc(N(Cc3cccc(C(=O)O)c3)C(=O)C3CCCNC3)n2)cc(OC)c1OC. The summed E-state index contributed by atoms with van der Waals surface area (Å²) in [6.45, 7) is 1.62. The second kappa shape index (κ2) is 12.2. The number of rotatable bonds is 10. The molecule has 0 radical (unpaired) electrons. The predicted molar refractivity (Wildman–Crippen MR) is 142 cm³/mol. The van der Waals surface area contributed by atoms with Crippen molar-refractivity contribution in [1.29, 1.82) is 0 Å². The molecule has 11 nitrogen and oxygen atoms in total. The molecule has 0 saturated carbocycles. The fourth-order valence-corrected chi connectivity index (χ4v) is 4.38. The molecule has 1 atom stereocenters. The van der Waals surface area contributed by atoms with E-state index >= 15 is 0 Å². The van der Waals surface area contributed by atoms with Gasteiger partial charge in [-0.1, -0.05) is 12.1 Å². The quantitative estimate of drug-likeness (QED) is 0.364. The first-order chi connectivity index (χ1) is 18.4. The van der Waals surface area contributed by atoms with Crippen LogP contribution in [0.15, 0.2) is 48.7 Å². The van der Waals surface area contributed by atoms with Crippen LogP contribution in [0.2, 0.25) is 0 Å². The lowest BCUT2D eigenvalue weighted by Crippen LogP contribution is -2.43. The number of amides is 1. The third kappa shape index (κ3) is 6.12. The molecular weight excluding hydrogens is 490 g/mol. The molecule has 1 aliphatic heterocycles. The second-order valence-electron chi connectivity index (χ2n) is 8.75. The number of nitrogens with zero attached hydrogens (tertiary/aromatic N) is 3. The van der Waals surface area contributed by atoms with Gasteiger partial charge in [0.1, 0.15) is 5.82 Å². The summed E-state index contributed by atoms with van der Waals surface area (Å²) in [5, 5.41) is 15.8. The number of hydrogen-bond donors (Lipinski definition) is 3. The minimum atomic E-state index is -1.03. The lowest BCUT2D eigenvalue weighted by Gasteiger charge is -2.29. The number of aromatic carboxylic acids is 1. The van der Waals surface area contributed by atoms with Gasteiger partial charge in [-0.05, 0) is 43.1 Å². The van der Waals surface area contributed by atoms with Crippen LogP contribution in [-0.4, -0.2) is 61.4 Å². The molecule has 3 N–H and O–H groups in total. The highest BCUT2D eigenvalue weighted by atomic mass is 16.5. The third-order valence-electron chi connectivity index (χ3n) is 6.27. The number of ether oxygens (including phenoxy) is 3. The van der Waals surface area contributed by atoms with Crippen molar-refractivity contribution in [3.8, 4) is 17.2 Å². The van der Waals surface area contributed by atoms with Crippen molar-refractivity contribution in [2.24, 2.45) is 5.92 Å². The van der Waals surface area contributed by atoms with E-state index in [1.54, 1.807) is 47.5 Å². The van der Waals surface area contributed by atoms with Crippen molar-refractivity contribution < 1.29 is 28.9 Å². The van der Waals surface area contributed by atoms with Gasteiger partial charge in [0.25, 0.3) is 0 Å². The number of benzene rings is 2. The minimum absolute atomic E-state index is 0.0876. The zero-order chi connectivity index (χ0) is 27.1. The van der Waals surface area contributed by atoms with Crippen molar-refractivity contribution in [1.82, 2.24) is 15.3 Å². The Morgan fingerprint density at radius 2 is 1.87 bits per heavy atom. The Morgan fingerprint density at radius 3 is 2.50 bits per heavy atom. The van der Waals surface area contributed by atoms with Crippen molar-refractivity contribution in [3.63, 3.8) is 0 Å². The molecular formula is C27H31N5O6. The highest BCUT2D eigenvalue weighted by molar-refractivity contribution is 5.94. The summed E-state index contributed by atoms with van der Waals surface area (Å²) in [5.41, 5.74) is 1.43. The molecule has 0 spiro atoms. The maximum Gasteiger partial charge on any atom is 0.335 e. The van der Waals surface area contributed by atoms with E-state index in [2.05, 4.69) is 20.6 Å². The Bertz CT molecular complexity index is 1270. The van der Waals surface area contributed by atoms with Crippen LogP contribution < -0.4 is 29.7 Å². The van der Waals surface area contributed by atoms with E-state index in [1.165, 1.54) is 27.4 Å². The second-order valence-corrected chi connectivity index (χ2v) is 8.75. The normalized spacial score (nSPS) is 14.9. The zero-order valence-corrected chi connectivity index (χ0v) is 21.6. The summed E-state index contributed by atoms with van der Waals surface area (Å²) in [7, 11) is 4.59. The van der Waals surface area contributed by atoms with E-state index in [0.717, 1.165) is 19.4 Å². The number of carboxylic acids is 1. The van der Waals surface area contributed by atoms with Crippen molar-refractivity contribution in [2.45, 2.75) is 19.4 Å². The number of nitrogens with one attached hydrogen (secondary N) is 2. The first-order valence-corrected chi connectivity index (χ1v) is 12.2. The van der Waals surface area contributed by atoms with E-state index in [9.17, 15) is 14.7 Å². The van der Waals surface area contributed by atoms with Crippen LogP contribution in [0.25, 0.3) is 0 Å². The lowest BCUT2D eigenvalue weighted by atomic mass is 9.97. The summed E-state index contributed by atoms with van der Waals surface area (Å²) >= 11 is 0. The summed E-state index contributed by atoms with van der Waals surface area (Å²) in [4.78, 5) is 35.7. The van der Waals surface area contributed by atoms with Gasteiger partial charge in [0.15, 0.2) is 11.5 Å². The van der Waals surface area contributed by atoms with Gasteiger partial charge in [-0.2, -0.15) is 4.98 Å². The van der Waals surface area contributed by atoms with Crippen LogP contribution >= 0.6 is 0 Å². The fraction of sp³-hybridized carbons (Fsp3) is 0.333. The Hall–Kier alpha value is -4.38. The topological polar surface area (TPSA) is 135 Å². The molecule has 3 aromatic rings. The maximum absolute atomic E-state index is 13.7. The first-order valence-electron chi connectivity index (χ1n) is 12.2. The van der Waals surface area contributed by atoms with Gasteiger partial charge in [0.2, 0.25) is 17.6 Å². The molecule has 1 saturated heterocycles. The smallest absolute Gasteiger partial charge is 0.335 e. The molecule has 1 unspecified atom stereocenters. The molecule has 2 heterocycles. The van der Waals surface area contributed by atoms with Gasteiger partial charge in [-0.3, -0.25) is 9.69 Å². The molecule has 2 aromatic carbocycles. The van der Waals surface area contributed by atoms with E-state index < -0.39 is 5.97 Å². The molecule has 38 heavy (non-hydrogen) atoms. The highest BCUT2D eigenvalue weighted by Crippen LogP contribution is 2.40. The van der Waals surface area contributed by atoms with Gasteiger partial charge < -0.3 is 30.0 Å². The molecule has 1 aromatic heterocycles. The fourth-order valence-electron chi connectivity index (χ4n) is 4.38. The number of carbonyl (C=O) groups excluding carboxylic acids is 1. The molecule has 1 aliphatic rings. The average molecular weight is 522 g/mol. The molecule has 0 bridgehead atoms. The Morgan fingerprint density at radius 1 is 1.11 bits per heavy atom. The Kier molecular flexibility index (Phi) is 8.59. The van der Waals surface area contributed by atoms with Gasteiger partial charge in [0, 0.05) is 30.6 Å². The van der Waals surface area contributed by atoms with E-state index in [-0.39, 0.29) is 29.9 Å². The Labute approximate surface area is 220 Å². The molecule has 0 aliphatic carbocycles. The van der Waals surface area contributed by atoms with E-state index in [0.29, 0.717) is 40.9 Å². The molecule has 4 rings (SSSR count). The van der Waals surface area contributed by atoms with Crippen LogP contribution in [-0.2, 0) is 11.3 Å². The zero-order valence-electron chi connectivity index (χ0n) is 21.6. The monoisotopic (exact) mass is 521 g/mol. The number of methoxy groups -OCH3 is 3. The largest absolute Gasteiger partial charge is 0.493 e. The third-order valence-corrected chi connectivity index (χ3v) is 6.27. The van der Waals surface area contributed by atoms with Gasteiger partial charge in [0.05, 0.1) is 39.4 Å². The van der Waals surface area contributed by atoms with Crippen molar-refractivity contribution in [3.05, 3.63) is 59.8 Å². The van der Waals surface area contributed by atoms with E-state index in [4.69, 9.17) is 14.2 Å². The van der Waals surface area contributed by atoms with Crippen LogP contribution in [0, 0.1) is 5.92 Å². The van der Waals surface area contributed by atoms with Crippen molar-refractivity contribution >= 4 is 29.3 Å². The number of aromatic nitrogens is 2. The standard InChI is InChI=1S/C27H31N5O6/c1-36-21-13-20(14-22(37-2)24(21)38-3)30-27-29-11-9-23(31-27)32(25(33)19-8-5-10-28-15-19)16-17-6-4-7-18(12-17)26(34)35/h4,6-7,9,11-14,19,28H,5,8,10,15-16H2,1-3H3,(H,34,35)(H,29,30,31). The van der Waals surface area contributed by atoms with Crippen LogP contribution in [0.3, 0.4) is 0 Å². The summed E-state index contributed by atoms with van der Waals surface area (Å²) < 4.78 is 16.2. The van der Waals surface area contributed by atoms with Crippen LogP contribution in [0.4, 0.5) is 17.5 Å². The summed E-state index contributed by atoms with van der Waals surface area (Å²) in [6, 6.07) is 11.7. The van der Waals surface area contributed by atoms with Gasteiger partial charge in [-0.15, -0.1) is 0 Å². The minimum Gasteiger partial charge on any atom is -0.493 e. The molecule has 1 amide bonds. The highest BCUT2D eigenvalue weighted by Gasteiger charge is 2.28. The summed E-state index contributed by atoms with van der Waals surface area (Å²) in [6.07, 6.45) is 3.23. The number of anilines is 3. The maximum atomic E-state index is 13.7. The predicted octanol–water partition coefficient (Wildman–Crippen LogP) is 3.48. The number of hydrogen-bond acceptors (Lipinski definition) is 9. The molecule has 11 heteroatoms. The van der Waals surface area contributed by atoms with Gasteiger partial charge in [-0.25, -0.2) is 9.78 Å². The van der Waals surface area contributed by atoms with Gasteiger partial charge >= 0.3 is 5.97 Å². The lowest BCUT2D eigenvalue weighted by molar-refractivity contribution is -0.123. The number of carboxylic acid groups (broad SMARTS) is 1. The average Bonchev–Trinajstić information content (AvgIpc) is 2.95. The first kappa shape index (κ1) is 26.7. The molecule has 200 valence electrons. The van der Waals surface area contributed by atoms with Crippen molar-refractivity contribution in [2.75, 3.05) is 44.6 Å². The van der Waals surface area contributed by atoms with Crippen LogP contribution in [0.1, 0.15) is 28.8 Å². The number of piperidine rings is 1. The Balaban J connectivity index is 1.66. The van der Waals surface area contributed by atoms with Crippen LogP contribution in [0.5, 0.6) is 17.2 Å². The summed E-state index contributed by atoms with van der Waals surface area (Å²) in [5.74, 6) is 0.706.